The standard InChI is InChI=1S/C10H16N4/c11-10-5-4-9(8-12-10)13-14-6-2-1-3-7-14/h4-5,8,13H,1-3,6-7H2,(H2,11,12). The molecule has 0 aliphatic carbocycles. The van der Waals surface area contributed by atoms with Gasteiger partial charge in [0.25, 0.3) is 0 Å². The minimum Gasteiger partial charge on any atom is -0.384 e. The fourth-order valence-corrected chi connectivity index (χ4v) is 1.66. The lowest BCUT2D eigenvalue weighted by Crippen LogP contribution is -2.34. The van der Waals surface area contributed by atoms with E-state index in [1.54, 1.807) is 6.20 Å². The number of nitrogens with one attached hydrogen (secondary N) is 1. The minimum absolute atomic E-state index is 0.564. The molecule has 2 rings (SSSR count). The van der Waals surface area contributed by atoms with Gasteiger partial charge in [-0.3, -0.25) is 0 Å². The third-order valence-corrected chi connectivity index (χ3v) is 2.43. The largest absolute Gasteiger partial charge is 0.384 e. The lowest BCUT2D eigenvalue weighted by molar-refractivity contribution is 0.273. The molecular weight excluding hydrogens is 176 g/mol. The second kappa shape index (κ2) is 4.28. The number of nitrogens with zero attached hydrogens (tertiary/aromatic N) is 2. The van der Waals surface area contributed by atoms with Crippen LogP contribution in [0.5, 0.6) is 0 Å². The van der Waals surface area contributed by atoms with Crippen LogP contribution in [0.4, 0.5) is 11.5 Å². The molecule has 1 saturated heterocycles. The van der Waals surface area contributed by atoms with Crippen molar-refractivity contribution in [2.45, 2.75) is 19.3 Å². The average Bonchev–Trinajstić information content (AvgIpc) is 2.23. The molecule has 3 N–H and O–H groups in total. The van der Waals surface area contributed by atoms with Crippen molar-refractivity contribution in [2.75, 3.05) is 24.2 Å². The highest BCUT2D eigenvalue weighted by Gasteiger charge is 2.09. The maximum atomic E-state index is 5.51. The van der Waals surface area contributed by atoms with E-state index in [4.69, 9.17) is 5.73 Å². The van der Waals surface area contributed by atoms with E-state index in [0.717, 1.165) is 18.8 Å². The Morgan fingerprint density at radius 1 is 1.21 bits per heavy atom. The number of hydrazine groups is 1. The molecule has 14 heavy (non-hydrogen) atoms. The summed E-state index contributed by atoms with van der Waals surface area (Å²) in [5, 5.41) is 2.23. The summed E-state index contributed by atoms with van der Waals surface area (Å²) in [5.74, 6) is 0.564. The zero-order valence-corrected chi connectivity index (χ0v) is 8.24. The highest BCUT2D eigenvalue weighted by Crippen LogP contribution is 2.12. The highest BCUT2D eigenvalue weighted by atomic mass is 15.5. The number of nitrogens with two attached hydrogens (primary N) is 1. The first kappa shape index (κ1) is 9.27. The van der Waals surface area contributed by atoms with Gasteiger partial charge in [0.05, 0.1) is 11.9 Å². The summed E-state index contributed by atoms with van der Waals surface area (Å²) in [6.07, 6.45) is 5.66. The molecule has 1 fully saturated rings. The number of piperidine rings is 1. The predicted octanol–water partition coefficient (Wildman–Crippen LogP) is 1.48. The number of hydrogen-bond donors (Lipinski definition) is 2. The summed E-state index contributed by atoms with van der Waals surface area (Å²) in [4.78, 5) is 4.03. The molecule has 4 nitrogen and oxygen atoms in total. The second-order valence-electron chi connectivity index (χ2n) is 3.63. The molecule has 0 atom stereocenters. The van der Waals surface area contributed by atoms with Crippen LogP contribution < -0.4 is 11.2 Å². The fraction of sp³-hybridized carbons (Fsp3) is 0.500. The van der Waals surface area contributed by atoms with Crippen LogP contribution in [-0.4, -0.2) is 23.1 Å². The molecule has 76 valence electrons. The van der Waals surface area contributed by atoms with Crippen molar-refractivity contribution in [2.24, 2.45) is 0 Å². The van der Waals surface area contributed by atoms with Gasteiger partial charge < -0.3 is 11.2 Å². The lowest BCUT2D eigenvalue weighted by Gasteiger charge is -2.27. The Morgan fingerprint density at radius 3 is 2.64 bits per heavy atom. The van der Waals surface area contributed by atoms with Crippen LogP contribution in [0.25, 0.3) is 0 Å². The van der Waals surface area contributed by atoms with Crippen molar-refractivity contribution in [3.05, 3.63) is 18.3 Å². The monoisotopic (exact) mass is 192 g/mol. The van der Waals surface area contributed by atoms with Crippen LogP contribution in [-0.2, 0) is 0 Å². The van der Waals surface area contributed by atoms with Gasteiger partial charge in [-0.25, -0.2) is 9.99 Å². The first-order valence-electron chi connectivity index (χ1n) is 5.08. The van der Waals surface area contributed by atoms with Crippen molar-refractivity contribution in [1.29, 1.82) is 0 Å². The number of nitrogen functional groups attached to an aromatic ring is 1. The van der Waals surface area contributed by atoms with Crippen LogP contribution in [0.15, 0.2) is 18.3 Å². The average molecular weight is 192 g/mol. The molecule has 1 aliphatic rings. The molecule has 0 spiro atoms. The van der Waals surface area contributed by atoms with Crippen molar-refractivity contribution < 1.29 is 0 Å². The Kier molecular flexibility index (Phi) is 2.84. The van der Waals surface area contributed by atoms with Crippen LogP contribution >= 0.6 is 0 Å². The summed E-state index contributed by atoms with van der Waals surface area (Å²) in [5.41, 5.74) is 9.85. The lowest BCUT2D eigenvalue weighted by atomic mass is 10.2. The van der Waals surface area contributed by atoms with Crippen molar-refractivity contribution in [3.8, 4) is 0 Å². The summed E-state index contributed by atoms with van der Waals surface area (Å²) in [7, 11) is 0. The van der Waals surface area contributed by atoms with E-state index < -0.39 is 0 Å². The molecule has 0 radical (unpaired) electrons. The summed E-state index contributed by atoms with van der Waals surface area (Å²) in [6.45, 7) is 2.23. The number of hydrogen-bond acceptors (Lipinski definition) is 4. The Hall–Kier alpha value is -1.29. The number of aromatic nitrogens is 1. The van der Waals surface area contributed by atoms with Gasteiger partial charge in [0.15, 0.2) is 0 Å². The number of pyridine rings is 1. The molecule has 0 saturated carbocycles. The molecule has 0 bridgehead atoms. The Bertz CT molecular complexity index is 277. The van der Waals surface area contributed by atoms with E-state index in [1.807, 2.05) is 12.1 Å². The van der Waals surface area contributed by atoms with E-state index in [1.165, 1.54) is 19.3 Å². The molecule has 0 unspecified atom stereocenters. The first-order valence-corrected chi connectivity index (χ1v) is 5.08. The molecule has 0 amide bonds. The molecule has 0 aromatic carbocycles. The van der Waals surface area contributed by atoms with Gasteiger partial charge in [-0.1, -0.05) is 6.42 Å². The van der Waals surface area contributed by atoms with Gasteiger partial charge in [0.1, 0.15) is 5.82 Å². The number of rotatable bonds is 2. The highest BCUT2D eigenvalue weighted by molar-refractivity contribution is 5.44. The maximum Gasteiger partial charge on any atom is 0.123 e. The van der Waals surface area contributed by atoms with Crippen LogP contribution in [0, 0.1) is 0 Å². The van der Waals surface area contributed by atoms with Crippen molar-refractivity contribution in [3.63, 3.8) is 0 Å². The number of anilines is 2. The Morgan fingerprint density at radius 2 is 2.00 bits per heavy atom. The normalized spacial score (nSPS) is 18.0. The zero-order chi connectivity index (χ0) is 9.80. The van der Waals surface area contributed by atoms with E-state index in [2.05, 4.69) is 15.4 Å². The molecule has 1 aromatic rings. The summed E-state index contributed by atoms with van der Waals surface area (Å²) >= 11 is 0. The van der Waals surface area contributed by atoms with E-state index in [0.29, 0.717) is 5.82 Å². The zero-order valence-electron chi connectivity index (χ0n) is 8.24. The van der Waals surface area contributed by atoms with E-state index >= 15 is 0 Å². The van der Waals surface area contributed by atoms with E-state index in [9.17, 15) is 0 Å². The van der Waals surface area contributed by atoms with Crippen LogP contribution in [0.2, 0.25) is 0 Å². The van der Waals surface area contributed by atoms with Gasteiger partial charge in [-0.05, 0) is 25.0 Å². The SMILES string of the molecule is Nc1ccc(NN2CCCCC2)cn1. The maximum absolute atomic E-state index is 5.51. The summed E-state index contributed by atoms with van der Waals surface area (Å²) in [6, 6.07) is 3.77. The Labute approximate surface area is 84.1 Å². The van der Waals surface area contributed by atoms with Gasteiger partial charge in [-0.15, -0.1) is 0 Å². The topological polar surface area (TPSA) is 54.2 Å². The fourth-order valence-electron chi connectivity index (χ4n) is 1.66. The molecule has 1 aliphatic heterocycles. The molecular formula is C10H16N4. The smallest absolute Gasteiger partial charge is 0.123 e. The molecule has 1 aromatic heterocycles. The first-order chi connectivity index (χ1) is 6.84. The third-order valence-electron chi connectivity index (χ3n) is 2.43. The van der Waals surface area contributed by atoms with Gasteiger partial charge in [-0.2, -0.15) is 0 Å². The van der Waals surface area contributed by atoms with Crippen LogP contribution in [0.3, 0.4) is 0 Å². The van der Waals surface area contributed by atoms with Gasteiger partial charge in [0.2, 0.25) is 0 Å². The third kappa shape index (κ3) is 2.35. The second-order valence-corrected chi connectivity index (χ2v) is 3.63. The van der Waals surface area contributed by atoms with Gasteiger partial charge in [0, 0.05) is 13.1 Å². The van der Waals surface area contributed by atoms with Crippen molar-refractivity contribution >= 4 is 11.5 Å². The Balaban J connectivity index is 1.92. The minimum atomic E-state index is 0.564. The predicted molar refractivity (Wildman–Crippen MR) is 57.7 cm³/mol. The molecule has 4 heteroatoms. The summed E-state index contributed by atoms with van der Waals surface area (Å²) < 4.78 is 0. The van der Waals surface area contributed by atoms with Crippen LogP contribution in [0.1, 0.15) is 19.3 Å². The molecule has 2 heterocycles. The quantitative estimate of drug-likeness (QED) is 0.745. The van der Waals surface area contributed by atoms with Crippen molar-refractivity contribution in [1.82, 2.24) is 9.99 Å². The van der Waals surface area contributed by atoms with E-state index in [-0.39, 0.29) is 0 Å². The van der Waals surface area contributed by atoms with Gasteiger partial charge >= 0.3 is 0 Å².